The Kier molecular flexibility index (Phi) is 20.4. The summed E-state index contributed by atoms with van der Waals surface area (Å²) in [6.07, 6.45) is 0. The molecule has 16 aromatic rings. The van der Waals surface area contributed by atoms with Crippen LogP contribution in [-0.4, -0.2) is 48.2 Å². The van der Waals surface area contributed by atoms with Gasteiger partial charge in [0.15, 0.2) is 29.1 Å². The molecular weight excluding hydrogens is 1300 g/mol. The molecule has 0 N–H and O–H groups in total. The van der Waals surface area contributed by atoms with E-state index < -0.39 is 0 Å². The third-order valence-corrected chi connectivity index (χ3v) is 19.1. The lowest BCUT2D eigenvalue weighted by Crippen LogP contribution is -2.41. The van der Waals surface area contributed by atoms with E-state index in [0.29, 0.717) is 29.1 Å². The van der Waals surface area contributed by atoms with E-state index in [0.717, 1.165) is 61.1 Å². The van der Waals surface area contributed by atoms with E-state index in [1.54, 1.807) is 0 Å². The molecule has 103 heavy (non-hydrogen) atoms. The van der Waals surface area contributed by atoms with Gasteiger partial charge in [-0.2, -0.15) is 9.97 Å². The number of nitrogens with zero attached hydrogens (tertiary/aromatic N) is 6. The molecule has 3 heterocycles. The molecule has 1 aliphatic rings. The van der Waals surface area contributed by atoms with E-state index in [1.165, 1.54) is 60.5 Å². The topological polar surface area (TPSA) is 95.8 Å². The highest BCUT2D eigenvalue weighted by Gasteiger charge is 2.51. The van der Waals surface area contributed by atoms with Gasteiger partial charge in [0.1, 0.15) is 0 Å². The summed E-state index contributed by atoms with van der Waals surface area (Å²) in [5, 5.41) is 5.01. The molecule has 1 fully saturated rings. The summed E-state index contributed by atoms with van der Waals surface area (Å²) in [5.41, 5.74) is 19.2. The molecule has 0 spiro atoms. The number of aromatic nitrogens is 6. The number of benzene rings is 14. The molecular formula is C92H72BClN6O2P-. The first kappa shape index (κ1) is 68.5. The van der Waals surface area contributed by atoms with Crippen LogP contribution in [0.4, 0.5) is 0 Å². The zero-order valence-corrected chi connectivity index (χ0v) is 59.4. The van der Waals surface area contributed by atoms with E-state index in [1.807, 2.05) is 91.0 Å². The van der Waals surface area contributed by atoms with Crippen LogP contribution in [0.3, 0.4) is 0 Å². The average Bonchev–Trinajstić information content (AvgIpc) is 1.73. The summed E-state index contributed by atoms with van der Waals surface area (Å²) in [6.45, 7) is 8.30. The number of halogens is 1. The van der Waals surface area contributed by atoms with Crippen LogP contribution in [-0.2, 0) is 9.31 Å². The van der Waals surface area contributed by atoms with Crippen molar-refractivity contribution in [2.24, 2.45) is 0 Å². The van der Waals surface area contributed by atoms with Gasteiger partial charge in [-0.05, 0) is 169 Å². The smallest absolute Gasteiger partial charge is 0.494 e. The van der Waals surface area contributed by atoms with Crippen LogP contribution < -0.4 is 5.46 Å². The highest BCUT2D eigenvalue weighted by atomic mass is 35.5. The summed E-state index contributed by atoms with van der Waals surface area (Å²) in [7, 11) is -0.292. The molecule has 8 nitrogen and oxygen atoms in total. The van der Waals surface area contributed by atoms with E-state index in [9.17, 15) is 0 Å². The third-order valence-electron chi connectivity index (χ3n) is 18.9. The molecule has 1 aliphatic heterocycles. The molecule has 498 valence electrons. The fourth-order valence-corrected chi connectivity index (χ4v) is 12.7. The van der Waals surface area contributed by atoms with Crippen molar-refractivity contribution in [2.75, 3.05) is 0 Å². The van der Waals surface area contributed by atoms with Crippen molar-refractivity contribution in [1.82, 2.24) is 29.9 Å². The maximum absolute atomic E-state index is 6.27. The van der Waals surface area contributed by atoms with Crippen molar-refractivity contribution >= 4 is 55.6 Å². The van der Waals surface area contributed by atoms with Gasteiger partial charge in [0, 0.05) is 27.8 Å². The van der Waals surface area contributed by atoms with E-state index in [2.05, 4.69) is 299 Å². The van der Waals surface area contributed by atoms with Gasteiger partial charge in [-0.1, -0.05) is 315 Å². The molecule has 1 saturated heterocycles. The lowest BCUT2D eigenvalue weighted by atomic mass is 9.78. The highest BCUT2D eigenvalue weighted by molar-refractivity contribution is 6.92. The lowest BCUT2D eigenvalue weighted by molar-refractivity contribution is 0.00578. The van der Waals surface area contributed by atoms with Crippen molar-refractivity contribution in [2.45, 2.75) is 38.9 Å². The predicted octanol–water partition coefficient (Wildman–Crippen LogP) is 23.4. The Morgan fingerprint density at radius 1 is 0.223 bits per heavy atom. The Morgan fingerprint density at radius 3 is 0.786 bits per heavy atom. The molecule has 0 radical (unpaired) electrons. The first-order chi connectivity index (χ1) is 49.9. The van der Waals surface area contributed by atoms with Gasteiger partial charge in [0.2, 0.25) is 5.28 Å². The van der Waals surface area contributed by atoms with Gasteiger partial charge >= 0.3 is 7.12 Å². The van der Waals surface area contributed by atoms with E-state index in [4.69, 9.17) is 40.8 Å². The summed E-state index contributed by atoms with van der Waals surface area (Å²) >= 11 is 6.27. The van der Waals surface area contributed by atoms with Gasteiger partial charge in [-0.25, -0.2) is 19.9 Å². The van der Waals surface area contributed by atoms with Crippen molar-refractivity contribution in [3.63, 3.8) is 0 Å². The molecule has 0 unspecified atom stereocenters. The number of hydrogen-bond acceptors (Lipinski definition) is 8. The summed E-state index contributed by atoms with van der Waals surface area (Å²) in [5.74, 6) is 3.06. The first-order valence-electron chi connectivity index (χ1n) is 34.2. The second-order valence-corrected chi connectivity index (χ2v) is 26.6. The zero-order chi connectivity index (χ0) is 69.4. The molecule has 0 saturated carbocycles. The number of hydrogen-bond donors (Lipinski definition) is 0. The summed E-state index contributed by atoms with van der Waals surface area (Å²) in [4.78, 5) is 28.3. The number of rotatable bonds is 12. The fourth-order valence-electron chi connectivity index (χ4n) is 12.6. The van der Waals surface area contributed by atoms with Gasteiger partial charge in [0.05, 0.1) is 11.2 Å². The summed E-state index contributed by atoms with van der Waals surface area (Å²) < 4.78 is 12.1. The van der Waals surface area contributed by atoms with Crippen LogP contribution in [0.2, 0.25) is 5.28 Å². The van der Waals surface area contributed by atoms with Crippen LogP contribution in [0.1, 0.15) is 27.7 Å². The number of fused-ring (bicyclic) bond motifs is 2. The van der Waals surface area contributed by atoms with Crippen molar-refractivity contribution < 1.29 is 9.31 Å². The highest BCUT2D eigenvalue weighted by Crippen LogP contribution is 2.38. The van der Waals surface area contributed by atoms with Crippen molar-refractivity contribution in [1.29, 1.82) is 0 Å². The summed E-state index contributed by atoms with van der Waals surface area (Å²) in [6, 6.07) is 122. The predicted molar refractivity (Wildman–Crippen MR) is 431 cm³/mol. The second-order valence-electron chi connectivity index (χ2n) is 26.3. The average molecular weight is 1370 g/mol. The molecule has 0 amide bonds. The zero-order valence-electron chi connectivity index (χ0n) is 57.5. The molecule has 0 bridgehead atoms. The standard InChI is InChI=1S/C43H29N3.C31H20ClN3.C18H21BO2.H2P/c1-4-11-30(12-5-1)32-19-21-34(22-20-32)42-44-41(33-15-8-3-9-16-33)45-43(46-42)40-18-10-17-35(29-40)37-25-26-38-27-36(23-24-39(38)28-37)31-13-6-2-7-14-31;32-31-34-29(22-10-5-2-6-11-22)33-30(35-31)28-13-7-12-23(20-28)25-16-17-26-18-24(14-15-27(26)19-25)21-8-3-1-4-9-21;1-17(2)18(3,4)21-19(20-17)16-12-10-15(11-13-16)14-8-6-5-7-9-14;/h1-29H;1-20H;5-13H,1-4H3;1H2/q;;;-1. The Bertz CT molecular complexity index is 5570. The molecule has 2 aromatic heterocycles. The minimum Gasteiger partial charge on any atom is -0.577 e. The minimum atomic E-state index is -0.296. The molecule has 11 heteroatoms. The van der Waals surface area contributed by atoms with Gasteiger partial charge in [0.25, 0.3) is 0 Å². The Labute approximate surface area is 610 Å². The monoisotopic (exact) mass is 1370 g/mol. The quantitative estimate of drug-likeness (QED) is 0.0882. The molecule has 0 aliphatic carbocycles. The first-order valence-corrected chi connectivity index (χ1v) is 34.6. The minimum absolute atomic E-state index is 0. The largest absolute Gasteiger partial charge is 0.577 e. The lowest BCUT2D eigenvalue weighted by Gasteiger charge is -2.32. The van der Waals surface area contributed by atoms with Crippen LogP contribution >= 0.6 is 21.5 Å². The molecule has 14 aromatic carbocycles. The van der Waals surface area contributed by atoms with Crippen molar-refractivity contribution in [3.8, 4) is 124 Å². The van der Waals surface area contributed by atoms with Gasteiger partial charge < -0.3 is 19.2 Å². The Balaban J connectivity index is 0.000000139. The van der Waals surface area contributed by atoms with E-state index in [-0.39, 0.29) is 33.5 Å². The maximum atomic E-state index is 6.27. The molecule has 17 rings (SSSR count). The van der Waals surface area contributed by atoms with Gasteiger partial charge in [-0.15, -0.1) is 0 Å². The molecule has 0 atom stereocenters. The normalized spacial score (nSPS) is 12.7. The third kappa shape index (κ3) is 15.8. The Hall–Kier alpha value is -11.7. The fraction of sp³-hybridized carbons (Fsp3) is 0.0652. The second kappa shape index (κ2) is 30.7. The van der Waals surface area contributed by atoms with Crippen molar-refractivity contribution in [3.05, 3.63) is 357 Å². The van der Waals surface area contributed by atoms with Gasteiger partial charge in [-0.3, -0.25) is 0 Å². The van der Waals surface area contributed by atoms with Crippen LogP contribution in [0.25, 0.3) is 145 Å². The van der Waals surface area contributed by atoms with Crippen LogP contribution in [0.15, 0.2) is 352 Å². The SMILES string of the molecule is CC1(C)OB(c2ccc(-c3ccccc3)cc2)OC1(C)C.Clc1nc(-c2ccccc2)nc(-c2cccc(-c3ccc4cc(-c5ccccc5)ccc4c3)c2)n1.[PH2-].c1ccc(-c2ccc(-c3nc(-c4ccccc4)nc(-c4cccc(-c5ccc6cc(-c7ccccc7)ccc6c5)c4)n3)cc2)cc1. The van der Waals surface area contributed by atoms with E-state index >= 15 is 0 Å². The maximum Gasteiger partial charge on any atom is 0.494 e. The van der Waals surface area contributed by atoms with Crippen LogP contribution in [0, 0.1) is 0 Å². The van der Waals surface area contributed by atoms with Crippen LogP contribution in [0.5, 0.6) is 0 Å². The Morgan fingerprint density at radius 2 is 0.437 bits per heavy atom.